The Balaban J connectivity index is 0.00000261. The van der Waals surface area contributed by atoms with Crippen molar-refractivity contribution in [2.75, 3.05) is 26.2 Å². The molecule has 1 aliphatic heterocycles. The van der Waals surface area contributed by atoms with Crippen LogP contribution < -0.4 is 10.1 Å². The number of ether oxygens (including phenoxy) is 2. The molecule has 0 bridgehead atoms. The normalized spacial score (nSPS) is 16.3. The van der Waals surface area contributed by atoms with Crippen molar-refractivity contribution in [2.24, 2.45) is 0 Å². The largest absolute Gasteiger partial charge is 0.494 e. The molecule has 2 aromatic carbocycles. The summed E-state index contributed by atoms with van der Waals surface area (Å²) in [5.74, 6) is 0.880. The summed E-state index contributed by atoms with van der Waals surface area (Å²) >= 11 is 0. The molecule has 0 aliphatic carbocycles. The zero-order chi connectivity index (χ0) is 18.2. The van der Waals surface area contributed by atoms with Crippen LogP contribution in [0.3, 0.4) is 0 Å². The standard InChI is InChI=1S/C21H26N2O3.ClH/c1-17-7-9-20(10-8-17)25-14-11-19-15-23(13-12-22-19)21(24)26-16-18-5-3-2-4-6-18;/h2-10,19,22H,11-16H2,1H3;1H/t19-;/m1./s1. The minimum Gasteiger partial charge on any atom is -0.494 e. The smallest absolute Gasteiger partial charge is 0.410 e. The summed E-state index contributed by atoms with van der Waals surface area (Å²) in [5, 5.41) is 3.44. The Morgan fingerprint density at radius 3 is 2.63 bits per heavy atom. The van der Waals surface area contributed by atoms with Crippen molar-refractivity contribution in [1.29, 1.82) is 0 Å². The van der Waals surface area contributed by atoms with E-state index in [-0.39, 0.29) is 24.5 Å². The fourth-order valence-electron chi connectivity index (χ4n) is 2.95. The number of amides is 1. The van der Waals surface area contributed by atoms with E-state index in [0.717, 1.165) is 24.3 Å². The molecule has 0 saturated carbocycles. The summed E-state index contributed by atoms with van der Waals surface area (Å²) in [6, 6.07) is 18.0. The molecule has 2 aromatic rings. The van der Waals surface area contributed by atoms with Gasteiger partial charge in [-0.05, 0) is 31.0 Å². The van der Waals surface area contributed by atoms with Crippen molar-refractivity contribution in [1.82, 2.24) is 10.2 Å². The van der Waals surface area contributed by atoms with Crippen LogP contribution in [0.2, 0.25) is 0 Å². The van der Waals surface area contributed by atoms with Crippen LogP contribution in [0.15, 0.2) is 54.6 Å². The fourth-order valence-corrected chi connectivity index (χ4v) is 2.95. The number of hydrogen-bond acceptors (Lipinski definition) is 4. The van der Waals surface area contributed by atoms with Crippen LogP contribution in [0.4, 0.5) is 4.79 Å². The molecule has 0 unspecified atom stereocenters. The maximum absolute atomic E-state index is 12.3. The summed E-state index contributed by atoms with van der Waals surface area (Å²) in [6.45, 7) is 5.07. The van der Waals surface area contributed by atoms with Crippen LogP contribution in [-0.4, -0.2) is 43.3 Å². The number of nitrogens with one attached hydrogen (secondary N) is 1. The second kappa shape index (κ2) is 10.8. The first-order valence-corrected chi connectivity index (χ1v) is 9.09. The molecule has 1 fully saturated rings. The molecule has 1 saturated heterocycles. The molecule has 1 aliphatic rings. The summed E-state index contributed by atoms with van der Waals surface area (Å²) in [7, 11) is 0. The number of piperazine rings is 1. The van der Waals surface area contributed by atoms with E-state index in [4.69, 9.17) is 9.47 Å². The second-order valence-corrected chi connectivity index (χ2v) is 6.59. The molecular formula is C21H27ClN2O3. The topological polar surface area (TPSA) is 50.8 Å². The average molecular weight is 391 g/mol. The SMILES string of the molecule is Cc1ccc(OCC[C@@H]2CN(C(=O)OCc3ccccc3)CCN2)cc1.Cl. The highest BCUT2D eigenvalue weighted by molar-refractivity contribution is 5.85. The zero-order valence-corrected chi connectivity index (χ0v) is 16.4. The lowest BCUT2D eigenvalue weighted by atomic mass is 10.1. The highest BCUT2D eigenvalue weighted by Gasteiger charge is 2.24. The van der Waals surface area contributed by atoms with Crippen molar-refractivity contribution >= 4 is 18.5 Å². The number of carbonyl (C=O) groups excluding carboxylic acids is 1. The van der Waals surface area contributed by atoms with Gasteiger partial charge in [-0.2, -0.15) is 0 Å². The van der Waals surface area contributed by atoms with Crippen molar-refractivity contribution in [3.63, 3.8) is 0 Å². The van der Waals surface area contributed by atoms with Gasteiger partial charge in [-0.25, -0.2) is 4.79 Å². The molecule has 1 amide bonds. The Labute approximate surface area is 167 Å². The van der Waals surface area contributed by atoms with Crippen LogP contribution in [0, 0.1) is 6.92 Å². The summed E-state index contributed by atoms with van der Waals surface area (Å²) in [6.07, 6.45) is 0.593. The van der Waals surface area contributed by atoms with Gasteiger partial charge >= 0.3 is 6.09 Å². The number of hydrogen-bond donors (Lipinski definition) is 1. The van der Waals surface area contributed by atoms with E-state index in [1.54, 1.807) is 4.90 Å². The lowest BCUT2D eigenvalue weighted by molar-refractivity contribution is 0.0827. The third kappa shape index (κ3) is 6.77. The molecule has 6 heteroatoms. The van der Waals surface area contributed by atoms with Gasteiger partial charge in [0.15, 0.2) is 0 Å². The van der Waals surface area contributed by atoms with Crippen LogP contribution in [-0.2, 0) is 11.3 Å². The number of halogens is 1. The van der Waals surface area contributed by atoms with E-state index in [1.165, 1.54) is 5.56 Å². The average Bonchev–Trinajstić information content (AvgIpc) is 2.69. The molecule has 3 rings (SSSR count). The third-order valence-electron chi connectivity index (χ3n) is 4.47. The zero-order valence-electron chi connectivity index (χ0n) is 15.6. The lowest BCUT2D eigenvalue weighted by Gasteiger charge is -2.33. The highest BCUT2D eigenvalue weighted by atomic mass is 35.5. The number of aryl methyl sites for hydroxylation is 1. The van der Waals surface area contributed by atoms with Gasteiger partial charge in [0.25, 0.3) is 0 Å². The second-order valence-electron chi connectivity index (χ2n) is 6.59. The Kier molecular flexibility index (Phi) is 8.43. The molecular weight excluding hydrogens is 364 g/mol. The Hall–Kier alpha value is -2.24. The Morgan fingerprint density at radius 2 is 1.89 bits per heavy atom. The van der Waals surface area contributed by atoms with Gasteiger partial charge in [-0.3, -0.25) is 0 Å². The maximum Gasteiger partial charge on any atom is 0.410 e. The number of benzene rings is 2. The van der Waals surface area contributed by atoms with Gasteiger partial charge < -0.3 is 19.7 Å². The molecule has 5 nitrogen and oxygen atoms in total. The fraction of sp³-hybridized carbons (Fsp3) is 0.381. The molecule has 0 aromatic heterocycles. The van der Waals surface area contributed by atoms with E-state index < -0.39 is 0 Å². The predicted octanol–water partition coefficient (Wildman–Crippen LogP) is 3.80. The van der Waals surface area contributed by atoms with Crippen LogP contribution in [0.1, 0.15) is 17.5 Å². The van der Waals surface area contributed by atoms with Crippen molar-refractivity contribution in [3.05, 3.63) is 65.7 Å². The van der Waals surface area contributed by atoms with Crippen molar-refractivity contribution < 1.29 is 14.3 Å². The van der Waals surface area contributed by atoms with E-state index >= 15 is 0 Å². The van der Waals surface area contributed by atoms with Gasteiger partial charge in [0.1, 0.15) is 12.4 Å². The summed E-state index contributed by atoms with van der Waals surface area (Å²) in [4.78, 5) is 14.1. The lowest BCUT2D eigenvalue weighted by Crippen LogP contribution is -2.53. The third-order valence-corrected chi connectivity index (χ3v) is 4.47. The number of carbonyl (C=O) groups is 1. The van der Waals surface area contributed by atoms with Gasteiger partial charge in [0.2, 0.25) is 0 Å². The van der Waals surface area contributed by atoms with Gasteiger partial charge in [-0.1, -0.05) is 48.0 Å². The van der Waals surface area contributed by atoms with Gasteiger partial charge in [0.05, 0.1) is 6.61 Å². The first-order valence-electron chi connectivity index (χ1n) is 9.09. The molecule has 1 heterocycles. The molecule has 1 atom stereocenters. The van der Waals surface area contributed by atoms with Gasteiger partial charge in [0, 0.05) is 25.7 Å². The molecule has 27 heavy (non-hydrogen) atoms. The van der Waals surface area contributed by atoms with Crippen LogP contribution in [0.25, 0.3) is 0 Å². The first kappa shape index (κ1) is 21.1. The molecule has 0 spiro atoms. The Bertz CT molecular complexity index is 694. The minimum atomic E-state index is -0.250. The van der Waals surface area contributed by atoms with E-state index in [1.807, 2.05) is 54.6 Å². The summed E-state index contributed by atoms with van der Waals surface area (Å²) in [5.41, 5.74) is 2.22. The van der Waals surface area contributed by atoms with Crippen molar-refractivity contribution in [3.8, 4) is 5.75 Å². The monoisotopic (exact) mass is 390 g/mol. The Morgan fingerprint density at radius 1 is 1.15 bits per heavy atom. The van der Waals surface area contributed by atoms with E-state index in [0.29, 0.717) is 26.3 Å². The van der Waals surface area contributed by atoms with E-state index in [2.05, 4.69) is 12.2 Å². The van der Waals surface area contributed by atoms with Crippen LogP contribution >= 0.6 is 12.4 Å². The quantitative estimate of drug-likeness (QED) is 0.815. The van der Waals surface area contributed by atoms with Gasteiger partial charge in [-0.15, -0.1) is 12.4 Å². The van der Waals surface area contributed by atoms with Crippen LogP contribution in [0.5, 0.6) is 5.75 Å². The first-order chi connectivity index (χ1) is 12.7. The van der Waals surface area contributed by atoms with E-state index in [9.17, 15) is 4.79 Å². The maximum atomic E-state index is 12.3. The number of rotatable bonds is 6. The predicted molar refractivity (Wildman–Crippen MR) is 109 cm³/mol. The van der Waals surface area contributed by atoms with Crippen molar-refractivity contribution in [2.45, 2.75) is 26.0 Å². The number of nitrogens with zero attached hydrogens (tertiary/aromatic N) is 1. The molecule has 146 valence electrons. The minimum absolute atomic E-state index is 0. The summed E-state index contributed by atoms with van der Waals surface area (Å²) < 4.78 is 11.2. The molecule has 0 radical (unpaired) electrons. The highest BCUT2D eigenvalue weighted by Crippen LogP contribution is 2.13. The molecule has 1 N–H and O–H groups in total.